The summed E-state index contributed by atoms with van der Waals surface area (Å²) in [5, 5.41) is 2.41. The summed E-state index contributed by atoms with van der Waals surface area (Å²) in [4.78, 5) is 25.3. The second-order valence-corrected chi connectivity index (χ2v) is 6.74. The average Bonchev–Trinajstić information content (AvgIpc) is 2.98. The molecular weight excluding hydrogens is 420 g/mol. The molecule has 1 unspecified atom stereocenters. The minimum atomic E-state index is -4.77. The predicted octanol–water partition coefficient (Wildman–Crippen LogP) is 3.26. The standard InChI is InChI=1S/C18H19ClF4N2O4/c1-11(24-16(26)10-28-13-2-3-14(19)15(20)8-13)4-6-25-7-5-12(17(25)27)9-29-18(21,22)23/h2-3,8,12H,1,4-7,9-10H2,(H,24,26). The van der Waals surface area contributed by atoms with Gasteiger partial charge in [-0.1, -0.05) is 18.2 Å². The molecular formula is C18H19ClF4N2O4. The number of amides is 2. The van der Waals surface area contributed by atoms with Crippen molar-refractivity contribution in [1.29, 1.82) is 0 Å². The fraction of sp³-hybridized carbons (Fsp3) is 0.444. The number of ether oxygens (including phenoxy) is 2. The van der Waals surface area contributed by atoms with Crippen LogP contribution < -0.4 is 10.1 Å². The Balaban J connectivity index is 1.69. The average molecular weight is 439 g/mol. The number of nitrogens with zero attached hydrogens (tertiary/aromatic N) is 1. The molecule has 1 N–H and O–H groups in total. The number of hydrogen-bond donors (Lipinski definition) is 1. The summed E-state index contributed by atoms with van der Waals surface area (Å²) in [7, 11) is 0. The Kier molecular flexibility index (Phi) is 7.86. The molecule has 0 radical (unpaired) electrons. The fourth-order valence-corrected chi connectivity index (χ4v) is 2.77. The molecule has 2 rings (SSSR count). The zero-order valence-electron chi connectivity index (χ0n) is 15.2. The van der Waals surface area contributed by atoms with Crippen molar-refractivity contribution >= 4 is 23.4 Å². The van der Waals surface area contributed by atoms with Gasteiger partial charge >= 0.3 is 6.36 Å². The number of alkyl halides is 3. The first kappa shape index (κ1) is 23.0. The van der Waals surface area contributed by atoms with E-state index in [0.717, 1.165) is 6.07 Å². The molecule has 0 aromatic heterocycles. The molecule has 0 spiro atoms. The molecule has 0 aliphatic carbocycles. The van der Waals surface area contributed by atoms with Gasteiger partial charge in [-0.15, -0.1) is 13.2 Å². The minimum absolute atomic E-state index is 0.0705. The van der Waals surface area contributed by atoms with Crippen molar-refractivity contribution in [2.75, 3.05) is 26.3 Å². The van der Waals surface area contributed by atoms with Crippen LogP contribution in [-0.2, 0) is 14.3 Å². The van der Waals surface area contributed by atoms with Crippen LogP contribution in [0, 0.1) is 11.7 Å². The van der Waals surface area contributed by atoms with E-state index in [9.17, 15) is 27.2 Å². The number of halogens is 5. The summed E-state index contributed by atoms with van der Waals surface area (Å²) in [5.41, 5.74) is 0.309. The second kappa shape index (κ2) is 9.93. The van der Waals surface area contributed by atoms with E-state index in [1.807, 2.05) is 0 Å². The number of likely N-dealkylation sites (tertiary alicyclic amines) is 1. The van der Waals surface area contributed by atoms with Crippen LogP contribution in [0.4, 0.5) is 17.6 Å². The van der Waals surface area contributed by atoms with E-state index in [0.29, 0.717) is 12.2 Å². The molecule has 1 saturated heterocycles. The molecule has 1 aliphatic rings. The monoisotopic (exact) mass is 438 g/mol. The Morgan fingerprint density at radius 3 is 2.76 bits per heavy atom. The Labute approximate surface area is 169 Å². The molecule has 1 atom stereocenters. The lowest BCUT2D eigenvalue weighted by Crippen LogP contribution is -2.33. The largest absolute Gasteiger partial charge is 0.522 e. The lowest BCUT2D eigenvalue weighted by Gasteiger charge is -2.18. The van der Waals surface area contributed by atoms with Crippen LogP contribution in [0.3, 0.4) is 0 Å². The van der Waals surface area contributed by atoms with Crippen LogP contribution in [0.15, 0.2) is 30.5 Å². The van der Waals surface area contributed by atoms with Crippen LogP contribution >= 0.6 is 11.6 Å². The third-order valence-electron chi connectivity index (χ3n) is 4.12. The molecule has 0 bridgehead atoms. The maximum atomic E-state index is 13.3. The van der Waals surface area contributed by atoms with E-state index >= 15 is 0 Å². The predicted molar refractivity (Wildman–Crippen MR) is 95.5 cm³/mol. The van der Waals surface area contributed by atoms with Crippen LogP contribution in [0.25, 0.3) is 0 Å². The van der Waals surface area contributed by atoms with Gasteiger partial charge in [0.2, 0.25) is 5.91 Å². The summed E-state index contributed by atoms with van der Waals surface area (Å²) in [5.74, 6) is -2.35. The van der Waals surface area contributed by atoms with Gasteiger partial charge in [0.15, 0.2) is 6.61 Å². The number of carbonyl (C=O) groups excluding carboxylic acids is 2. The van der Waals surface area contributed by atoms with Crippen molar-refractivity contribution in [3.05, 3.63) is 41.3 Å². The first-order valence-corrected chi connectivity index (χ1v) is 8.98. The molecule has 1 aromatic carbocycles. The van der Waals surface area contributed by atoms with Crippen LogP contribution in [-0.4, -0.2) is 49.4 Å². The number of hydrogen-bond acceptors (Lipinski definition) is 4. The van der Waals surface area contributed by atoms with Gasteiger partial charge in [-0.25, -0.2) is 4.39 Å². The topological polar surface area (TPSA) is 67.9 Å². The summed E-state index contributed by atoms with van der Waals surface area (Å²) >= 11 is 5.55. The van der Waals surface area contributed by atoms with Crippen molar-refractivity contribution in [3.63, 3.8) is 0 Å². The van der Waals surface area contributed by atoms with E-state index in [-0.39, 0.29) is 36.8 Å². The first-order chi connectivity index (χ1) is 13.5. The number of rotatable bonds is 9. The van der Waals surface area contributed by atoms with Crippen molar-refractivity contribution in [1.82, 2.24) is 10.2 Å². The van der Waals surface area contributed by atoms with Gasteiger partial charge in [-0.05, 0) is 18.6 Å². The molecule has 1 fully saturated rings. The summed E-state index contributed by atoms with van der Waals surface area (Å²) in [6.07, 6.45) is -4.29. The Hall–Kier alpha value is -2.33. The highest BCUT2D eigenvalue weighted by molar-refractivity contribution is 6.30. The van der Waals surface area contributed by atoms with E-state index in [2.05, 4.69) is 16.6 Å². The van der Waals surface area contributed by atoms with Crippen molar-refractivity contribution < 1.29 is 36.6 Å². The molecule has 11 heteroatoms. The van der Waals surface area contributed by atoms with E-state index in [4.69, 9.17) is 16.3 Å². The number of carbonyl (C=O) groups is 2. The van der Waals surface area contributed by atoms with E-state index in [1.165, 1.54) is 17.0 Å². The summed E-state index contributed by atoms with van der Waals surface area (Å²) in [6.45, 7) is 3.08. The molecule has 160 valence electrons. The molecule has 6 nitrogen and oxygen atoms in total. The van der Waals surface area contributed by atoms with Gasteiger partial charge in [0.05, 0.1) is 17.5 Å². The van der Waals surface area contributed by atoms with Crippen LogP contribution in [0.1, 0.15) is 12.8 Å². The number of benzene rings is 1. The third-order valence-corrected chi connectivity index (χ3v) is 4.42. The molecule has 1 aliphatic heterocycles. The van der Waals surface area contributed by atoms with Crippen molar-refractivity contribution in [2.45, 2.75) is 19.2 Å². The lowest BCUT2D eigenvalue weighted by atomic mass is 10.1. The molecule has 0 saturated carbocycles. The Morgan fingerprint density at radius 1 is 1.38 bits per heavy atom. The SMILES string of the molecule is C=C(CCN1CCC(COC(F)(F)F)C1=O)NC(=O)COc1ccc(Cl)c(F)c1. The summed E-state index contributed by atoms with van der Waals surface area (Å²) in [6, 6.07) is 3.75. The number of nitrogens with one attached hydrogen (secondary N) is 1. The van der Waals surface area contributed by atoms with E-state index in [1.54, 1.807) is 0 Å². The van der Waals surface area contributed by atoms with Gasteiger partial charge < -0.3 is 15.0 Å². The van der Waals surface area contributed by atoms with Gasteiger partial charge in [-0.3, -0.25) is 14.3 Å². The van der Waals surface area contributed by atoms with Gasteiger partial charge in [0.25, 0.3) is 5.91 Å². The molecule has 1 aromatic rings. The third kappa shape index (κ3) is 7.54. The van der Waals surface area contributed by atoms with Gasteiger partial charge in [0.1, 0.15) is 11.6 Å². The fourth-order valence-electron chi connectivity index (χ4n) is 2.66. The zero-order valence-corrected chi connectivity index (χ0v) is 16.0. The quantitative estimate of drug-likeness (QED) is 0.601. The first-order valence-electron chi connectivity index (χ1n) is 8.60. The summed E-state index contributed by atoms with van der Waals surface area (Å²) < 4.78 is 58.4. The normalized spacial score (nSPS) is 16.8. The lowest BCUT2D eigenvalue weighted by molar-refractivity contribution is -0.327. The highest BCUT2D eigenvalue weighted by Gasteiger charge is 2.36. The molecule has 29 heavy (non-hydrogen) atoms. The second-order valence-electron chi connectivity index (χ2n) is 6.33. The molecule has 1 heterocycles. The van der Waals surface area contributed by atoms with Crippen LogP contribution in [0.5, 0.6) is 5.75 Å². The van der Waals surface area contributed by atoms with Gasteiger partial charge in [0, 0.05) is 31.3 Å². The van der Waals surface area contributed by atoms with Crippen LogP contribution in [0.2, 0.25) is 5.02 Å². The highest BCUT2D eigenvalue weighted by atomic mass is 35.5. The highest BCUT2D eigenvalue weighted by Crippen LogP contribution is 2.24. The smallest absolute Gasteiger partial charge is 0.484 e. The van der Waals surface area contributed by atoms with Crippen molar-refractivity contribution in [3.8, 4) is 5.75 Å². The Morgan fingerprint density at radius 2 is 2.10 bits per heavy atom. The minimum Gasteiger partial charge on any atom is -0.484 e. The Bertz CT molecular complexity index is 773. The van der Waals surface area contributed by atoms with E-state index < -0.39 is 36.5 Å². The maximum absolute atomic E-state index is 13.3. The zero-order chi connectivity index (χ0) is 21.6. The maximum Gasteiger partial charge on any atom is 0.522 e. The van der Waals surface area contributed by atoms with Gasteiger partial charge in [-0.2, -0.15) is 0 Å². The van der Waals surface area contributed by atoms with Crippen molar-refractivity contribution in [2.24, 2.45) is 5.92 Å². The molecule has 2 amide bonds.